The molecule has 1 aromatic heterocycles. The Balaban J connectivity index is 1.74. The fourth-order valence-corrected chi connectivity index (χ4v) is 3.90. The van der Waals surface area contributed by atoms with Crippen LogP contribution >= 0.6 is 11.3 Å². The molecule has 0 aliphatic heterocycles. The largest absolute Gasteiger partial charge is 0.497 e. The zero-order valence-electron chi connectivity index (χ0n) is 15.4. The molecule has 1 aliphatic rings. The van der Waals surface area contributed by atoms with Crippen molar-refractivity contribution in [2.45, 2.75) is 26.7 Å². The van der Waals surface area contributed by atoms with E-state index < -0.39 is 17.8 Å². The zero-order chi connectivity index (χ0) is 19.6. The first-order valence-electron chi connectivity index (χ1n) is 8.56. The molecular weight excluding hydrogens is 366 g/mol. The third kappa shape index (κ3) is 4.16. The van der Waals surface area contributed by atoms with Crippen molar-refractivity contribution in [3.8, 4) is 16.3 Å². The molecule has 0 saturated heterocycles. The molecule has 2 N–H and O–H groups in total. The number of amides is 1. The van der Waals surface area contributed by atoms with E-state index in [0.29, 0.717) is 23.0 Å². The Bertz CT molecular complexity index is 889. The quantitative estimate of drug-likeness (QED) is 0.760. The van der Waals surface area contributed by atoms with Gasteiger partial charge in [-0.05, 0) is 51.0 Å². The monoisotopic (exact) mass is 387 g/mol. The Morgan fingerprint density at radius 3 is 2.33 bits per heavy atom. The van der Waals surface area contributed by atoms with Gasteiger partial charge in [0.25, 0.3) is 0 Å². The fraction of sp³-hybridized carbons (Fsp3) is 0.368. The van der Waals surface area contributed by atoms with E-state index in [2.05, 4.69) is 15.5 Å². The second-order valence-corrected chi connectivity index (χ2v) is 7.63. The lowest BCUT2D eigenvalue weighted by atomic mass is 9.76. The lowest BCUT2D eigenvalue weighted by Crippen LogP contribution is -2.36. The smallest absolute Gasteiger partial charge is 0.307 e. The second-order valence-electron chi connectivity index (χ2n) is 6.65. The van der Waals surface area contributed by atoms with Gasteiger partial charge in [0, 0.05) is 5.56 Å². The van der Waals surface area contributed by atoms with Crippen molar-refractivity contribution in [3.63, 3.8) is 0 Å². The van der Waals surface area contributed by atoms with E-state index in [9.17, 15) is 14.7 Å². The number of carbonyl (C=O) groups excluding carboxylic acids is 1. The Hall–Kier alpha value is -2.74. The van der Waals surface area contributed by atoms with Crippen LogP contribution in [0.4, 0.5) is 5.13 Å². The van der Waals surface area contributed by atoms with Crippen LogP contribution in [-0.2, 0) is 9.59 Å². The molecule has 0 unspecified atom stereocenters. The molecule has 1 aromatic carbocycles. The molecule has 0 spiro atoms. The van der Waals surface area contributed by atoms with Gasteiger partial charge in [0.2, 0.25) is 11.0 Å². The van der Waals surface area contributed by atoms with Crippen LogP contribution in [0.25, 0.3) is 10.6 Å². The van der Waals surface area contributed by atoms with Gasteiger partial charge in [-0.3, -0.25) is 9.59 Å². The van der Waals surface area contributed by atoms with E-state index in [-0.39, 0.29) is 5.91 Å². The summed E-state index contributed by atoms with van der Waals surface area (Å²) in [6, 6.07) is 7.38. The van der Waals surface area contributed by atoms with Crippen molar-refractivity contribution in [1.82, 2.24) is 10.2 Å². The van der Waals surface area contributed by atoms with Crippen molar-refractivity contribution in [2.75, 3.05) is 12.4 Å². The molecule has 1 heterocycles. The standard InChI is InChI=1S/C19H21N3O4S/c1-10-8-14(15(18(24)25)9-11(10)2)16(23)20-19-22-21-17(27-19)12-4-6-13(26-3)7-5-12/h4-7,14-15H,8-9H2,1-3H3,(H,24,25)(H,20,22,23)/t14-,15-/m1/s1. The van der Waals surface area contributed by atoms with Gasteiger partial charge in [-0.25, -0.2) is 0 Å². The van der Waals surface area contributed by atoms with E-state index in [1.165, 1.54) is 11.3 Å². The summed E-state index contributed by atoms with van der Waals surface area (Å²) in [5.74, 6) is -1.86. The molecule has 142 valence electrons. The first-order chi connectivity index (χ1) is 12.9. The number of carboxylic acids is 1. The average Bonchev–Trinajstić information content (AvgIpc) is 3.11. The Morgan fingerprint density at radius 1 is 1.11 bits per heavy atom. The number of hydrogen-bond donors (Lipinski definition) is 2. The van der Waals surface area contributed by atoms with Crippen LogP contribution in [0.15, 0.2) is 35.4 Å². The lowest BCUT2D eigenvalue weighted by molar-refractivity contribution is -0.146. The first-order valence-corrected chi connectivity index (χ1v) is 9.37. The van der Waals surface area contributed by atoms with Gasteiger partial charge < -0.3 is 15.2 Å². The molecule has 0 fully saturated rings. The number of anilines is 1. The number of aliphatic carboxylic acids is 1. The number of nitrogens with one attached hydrogen (secondary N) is 1. The summed E-state index contributed by atoms with van der Waals surface area (Å²) in [6.45, 7) is 3.87. The summed E-state index contributed by atoms with van der Waals surface area (Å²) in [5.41, 5.74) is 2.98. The highest BCUT2D eigenvalue weighted by atomic mass is 32.1. The highest BCUT2D eigenvalue weighted by molar-refractivity contribution is 7.18. The Labute approximate surface area is 161 Å². The summed E-state index contributed by atoms with van der Waals surface area (Å²) in [5, 5.41) is 21.4. The number of allylic oxidation sites excluding steroid dienone is 2. The normalized spacial score (nSPS) is 19.7. The minimum Gasteiger partial charge on any atom is -0.497 e. The van der Waals surface area contributed by atoms with E-state index in [1.807, 2.05) is 38.1 Å². The predicted molar refractivity (Wildman–Crippen MR) is 103 cm³/mol. The predicted octanol–water partition coefficient (Wildman–Crippen LogP) is 3.60. The number of ether oxygens (including phenoxy) is 1. The molecule has 7 nitrogen and oxygen atoms in total. The average molecular weight is 387 g/mol. The third-order valence-corrected chi connectivity index (χ3v) is 5.80. The number of carboxylic acid groups (broad SMARTS) is 1. The van der Waals surface area contributed by atoms with Crippen LogP contribution in [0.5, 0.6) is 5.75 Å². The van der Waals surface area contributed by atoms with Crippen molar-refractivity contribution in [3.05, 3.63) is 35.4 Å². The van der Waals surface area contributed by atoms with Gasteiger partial charge in [-0.15, -0.1) is 10.2 Å². The highest BCUT2D eigenvalue weighted by Gasteiger charge is 2.37. The molecule has 3 rings (SSSR count). The zero-order valence-corrected chi connectivity index (χ0v) is 16.2. The van der Waals surface area contributed by atoms with Crippen molar-refractivity contribution >= 4 is 28.3 Å². The second kappa shape index (κ2) is 7.87. The lowest BCUT2D eigenvalue weighted by Gasteiger charge is -2.29. The molecule has 8 heteroatoms. The van der Waals surface area contributed by atoms with Gasteiger partial charge in [0.15, 0.2) is 0 Å². The molecule has 2 atom stereocenters. The maximum atomic E-state index is 12.7. The van der Waals surface area contributed by atoms with Crippen molar-refractivity contribution < 1.29 is 19.4 Å². The Morgan fingerprint density at radius 2 is 1.74 bits per heavy atom. The minimum absolute atomic E-state index is 0.327. The molecule has 0 saturated carbocycles. The number of aromatic nitrogens is 2. The third-order valence-electron chi connectivity index (χ3n) is 4.91. The molecule has 1 aliphatic carbocycles. The topological polar surface area (TPSA) is 101 Å². The minimum atomic E-state index is -0.946. The fourth-order valence-electron chi connectivity index (χ4n) is 3.15. The van der Waals surface area contributed by atoms with Crippen molar-refractivity contribution in [2.24, 2.45) is 11.8 Å². The number of methoxy groups -OCH3 is 1. The van der Waals surface area contributed by atoms with Gasteiger partial charge in [0.05, 0.1) is 18.9 Å². The van der Waals surface area contributed by atoms with Crippen LogP contribution in [0.3, 0.4) is 0 Å². The SMILES string of the molecule is COc1ccc(-c2nnc(NC(=O)[C@@H]3CC(C)=C(C)C[C@H]3C(=O)O)s2)cc1. The van der Waals surface area contributed by atoms with Crippen LogP contribution in [0.2, 0.25) is 0 Å². The van der Waals surface area contributed by atoms with Crippen molar-refractivity contribution in [1.29, 1.82) is 0 Å². The molecular formula is C19H21N3O4S. The van der Waals surface area contributed by atoms with Crippen LogP contribution in [0.1, 0.15) is 26.7 Å². The van der Waals surface area contributed by atoms with E-state index in [1.54, 1.807) is 7.11 Å². The number of hydrogen-bond acceptors (Lipinski definition) is 6. The summed E-state index contributed by atoms with van der Waals surface area (Å²) in [4.78, 5) is 24.3. The first kappa shape index (κ1) is 19.0. The maximum Gasteiger partial charge on any atom is 0.307 e. The number of rotatable bonds is 5. The van der Waals surface area contributed by atoms with E-state index >= 15 is 0 Å². The molecule has 0 radical (unpaired) electrons. The van der Waals surface area contributed by atoms with Crippen LogP contribution in [-0.4, -0.2) is 34.3 Å². The Kier molecular flexibility index (Phi) is 5.55. The molecule has 2 aromatic rings. The number of carbonyl (C=O) groups is 2. The summed E-state index contributed by atoms with van der Waals surface area (Å²) in [6.07, 6.45) is 0.839. The maximum absolute atomic E-state index is 12.7. The van der Waals surface area contributed by atoms with Gasteiger partial charge in [0.1, 0.15) is 10.8 Å². The summed E-state index contributed by atoms with van der Waals surface area (Å²) in [7, 11) is 1.60. The molecule has 0 bridgehead atoms. The van der Waals surface area contributed by atoms with E-state index in [4.69, 9.17) is 4.74 Å². The highest BCUT2D eigenvalue weighted by Crippen LogP contribution is 2.35. The molecule has 1 amide bonds. The van der Waals surface area contributed by atoms with Crippen LogP contribution in [0, 0.1) is 11.8 Å². The number of nitrogens with zero attached hydrogens (tertiary/aromatic N) is 2. The van der Waals surface area contributed by atoms with Gasteiger partial charge in [-0.2, -0.15) is 0 Å². The molecule has 27 heavy (non-hydrogen) atoms. The van der Waals surface area contributed by atoms with E-state index in [0.717, 1.165) is 22.5 Å². The summed E-state index contributed by atoms with van der Waals surface area (Å²) >= 11 is 1.25. The summed E-state index contributed by atoms with van der Waals surface area (Å²) < 4.78 is 5.13. The number of benzene rings is 1. The van der Waals surface area contributed by atoms with Gasteiger partial charge in [-0.1, -0.05) is 22.5 Å². The van der Waals surface area contributed by atoms with Crippen LogP contribution < -0.4 is 10.1 Å². The van der Waals surface area contributed by atoms with Gasteiger partial charge >= 0.3 is 5.97 Å².